The second kappa shape index (κ2) is 5.12. The normalized spacial score (nSPS) is 11.4. The third-order valence-corrected chi connectivity index (χ3v) is 3.60. The molecular formula is C18H21N2+. The first-order valence-corrected chi connectivity index (χ1v) is 7.23. The van der Waals surface area contributed by atoms with E-state index in [2.05, 4.69) is 73.5 Å². The molecule has 0 aliphatic carbocycles. The molecular weight excluding hydrogens is 244 g/mol. The second-order valence-corrected chi connectivity index (χ2v) is 5.85. The molecule has 0 unspecified atom stereocenters. The molecule has 3 aromatic rings. The van der Waals surface area contributed by atoms with Gasteiger partial charge in [0.2, 0.25) is 5.52 Å². The van der Waals surface area contributed by atoms with Crippen LogP contribution in [0.2, 0.25) is 0 Å². The first kappa shape index (κ1) is 12.9. The lowest BCUT2D eigenvalue weighted by molar-refractivity contribution is -0.353. The molecule has 0 atom stereocenters. The minimum atomic E-state index is 0.634. The van der Waals surface area contributed by atoms with Crippen molar-refractivity contribution in [3.63, 3.8) is 0 Å². The van der Waals surface area contributed by atoms with Crippen LogP contribution < -0.4 is 10.3 Å². The Morgan fingerprint density at radius 2 is 1.85 bits per heavy atom. The number of pyridine rings is 1. The molecule has 0 saturated heterocycles. The lowest BCUT2D eigenvalue weighted by atomic mass is 10.0. The molecule has 0 amide bonds. The van der Waals surface area contributed by atoms with Gasteiger partial charge in [-0.25, -0.2) is 4.98 Å². The number of fused-ring (bicyclic) bond motifs is 3. The largest absolute Gasteiger partial charge is 0.384 e. The van der Waals surface area contributed by atoms with E-state index in [1.807, 2.05) is 0 Å². The van der Waals surface area contributed by atoms with E-state index in [1.54, 1.807) is 0 Å². The fraction of sp³-hybridized carbons (Fsp3) is 0.278. The van der Waals surface area contributed by atoms with Crippen molar-refractivity contribution in [3.05, 3.63) is 48.2 Å². The van der Waals surface area contributed by atoms with E-state index in [4.69, 9.17) is 0 Å². The molecule has 2 aromatic carbocycles. The minimum Gasteiger partial charge on any atom is -0.384 e. The van der Waals surface area contributed by atoms with E-state index in [0.717, 1.165) is 6.54 Å². The van der Waals surface area contributed by atoms with Gasteiger partial charge < -0.3 is 5.32 Å². The number of hydrogen-bond acceptors (Lipinski definition) is 1. The summed E-state index contributed by atoms with van der Waals surface area (Å²) in [4.78, 5) is 3.52. The van der Waals surface area contributed by atoms with Crippen molar-refractivity contribution in [3.8, 4) is 0 Å². The molecule has 0 aliphatic heterocycles. The zero-order chi connectivity index (χ0) is 14.1. The molecule has 0 saturated carbocycles. The first-order valence-electron chi connectivity index (χ1n) is 7.23. The number of nitrogens with one attached hydrogen (secondary N) is 2. The fourth-order valence-electron chi connectivity index (χ4n) is 2.62. The van der Waals surface area contributed by atoms with Gasteiger partial charge in [0.1, 0.15) is 0 Å². The van der Waals surface area contributed by atoms with Gasteiger partial charge in [-0.05, 0) is 23.4 Å². The number of anilines is 1. The Labute approximate surface area is 119 Å². The number of aryl methyl sites for hydroxylation is 1. The van der Waals surface area contributed by atoms with Crippen molar-refractivity contribution in [1.82, 2.24) is 0 Å². The van der Waals surface area contributed by atoms with Crippen LogP contribution in [0.3, 0.4) is 0 Å². The van der Waals surface area contributed by atoms with Gasteiger partial charge in [0.25, 0.3) is 0 Å². The molecule has 0 fully saturated rings. The molecule has 0 aliphatic rings. The molecule has 1 aromatic heterocycles. The molecule has 2 N–H and O–H groups in total. The Kier molecular flexibility index (Phi) is 3.31. The highest BCUT2D eigenvalue weighted by Gasteiger charge is 2.12. The smallest absolute Gasteiger partial charge is 0.221 e. The van der Waals surface area contributed by atoms with Crippen LogP contribution >= 0.6 is 0 Å². The summed E-state index contributed by atoms with van der Waals surface area (Å²) in [5.74, 6) is 0.634. The summed E-state index contributed by atoms with van der Waals surface area (Å²) in [7, 11) is 0. The molecule has 102 valence electrons. The van der Waals surface area contributed by atoms with Crippen molar-refractivity contribution in [2.75, 3.05) is 11.9 Å². The summed E-state index contributed by atoms with van der Waals surface area (Å²) in [6.45, 7) is 7.56. The second-order valence-electron chi connectivity index (χ2n) is 5.85. The van der Waals surface area contributed by atoms with Gasteiger partial charge >= 0.3 is 0 Å². The molecule has 20 heavy (non-hydrogen) atoms. The van der Waals surface area contributed by atoms with Crippen LogP contribution in [0.25, 0.3) is 21.7 Å². The number of H-pyrrole nitrogens is 1. The van der Waals surface area contributed by atoms with Crippen LogP contribution in [-0.4, -0.2) is 6.54 Å². The summed E-state index contributed by atoms with van der Waals surface area (Å²) in [6, 6.07) is 15.1. The Morgan fingerprint density at radius 1 is 1.05 bits per heavy atom. The third kappa shape index (κ3) is 2.34. The number of aromatic amines is 1. The molecule has 2 heteroatoms. The van der Waals surface area contributed by atoms with Gasteiger partial charge in [-0.15, -0.1) is 0 Å². The van der Waals surface area contributed by atoms with Crippen LogP contribution in [-0.2, 0) is 0 Å². The van der Waals surface area contributed by atoms with Crippen LogP contribution in [0.5, 0.6) is 0 Å². The predicted molar refractivity (Wildman–Crippen MR) is 86.1 cm³/mol. The molecule has 2 nitrogen and oxygen atoms in total. The van der Waals surface area contributed by atoms with Crippen LogP contribution in [0.4, 0.5) is 5.69 Å². The quantitative estimate of drug-likeness (QED) is 0.706. The van der Waals surface area contributed by atoms with Crippen molar-refractivity contribution in [1.29, 1.82) is 0 Å². The van der Waals surface area contributed by atoms with Crippen LogP contribution in [0.1, 0.15) is 19.5 Å². The number of hydrogen-bond donors (Lipinski definition) is 1. The molecule has 0 bridgehead atoms. The SMILES string of the molecule is Cc1cc(NCC(C)C)c2ccc3ccccc3c2[nH+]1. The van der Waals surface area contributed by atoms with Crippen LogP contribution in [0, 0.1) is 12.8 Å². The Balaban J connectivity index is 2.23. The van der Waals surface area contributed by atoms with E-state index in [9.17, 15) is 0 Å². The highest BCUT2D eigenvalue weighted by molar-refractivity contribution is 6.07. The van der Waals surface area contributed by atoms with Crippen molar-refractivity contribution in [2.24, 2.45) is 5.92 Å². The summed E-state index contributed by atoms with van der Waals surface area (Å²) < 4.78 is 0. The van der Waals surface area contributed by atoms with E-state index >= 15 is 0 Å². The lowest BCUT2D eigenvalue weighted by Crippen LogP contribution is -2.14. The highest BCUT2D eigenvalue weighted by Crippen LogP contribution is 2.27. The Hall–Kier alpha value is -2.09. The minimum absolute atomic E-state index is 0.634. The maximum absolute atomic E-state index is 3.57. The van der Waals surface area contributed by atoms with Gasteiger partial charge in [-0.2, -0.15) is 0 Å². The van der Waals surface area contributed by atoms with Gasteiger partial charge in [0.05, 0.1) is 16.5 Å². The summed E-state index contributed by atoms with van der Waals surface area (Å²) in [5, 5.41) is 7.39. The molecule has 1 heterocycles. The van der Waals surface area contributed by atoms with Gasteiger partial charge in [-0.1, -0.05) is 38.1 Å². The number of rotatable bonds is 3. The van der Waals surface area contributed by atoms with Crippen molar-refractivity contribution < 1.29 is 4.98 Å². The van der Waals surface area contributed by atoms with Gasteiger partial charge in [0.15, 0.2) is 5.69 Å². The fourth-order valence-corrected chi connectivity index (χ4v) is 2.62. The Morgan fingerprint density at radius 3 is 2.65 bits per heavy atom. The average molecular weight is 265 g/mol. The number of benzene rings is 2. The zero-order valence-electron chi connectivity index (χ0n) is 12.3. The lowest BCUT2D eigenvalue weighted by Gasteiger charge is -2.11. The van der Waals surface area contributed by atoms with Gasteiger partial charge in [0, 0.05) is 19.5 Å². The van der Waals surface area contributed by atoms with E-state index in [1.165, 1.54) is 33.1 Å². The molecule has 3 rings (SSSR count). The van der Waals surface area contributed by atoms with Crippen molar-refractivity contribution in [2.45, 2.75) is 20.8 Å². The standard InChI is InChI=1S/C18H20N2/c1-12(2)11-19-17-10-13(3)20-18-15-7-5-4-6-14(15)8-9-16(17)18/h4-10,12H,11H2,1-3H3,(H,19,20)/p+1. The maximum atomic E-state index is 3.57. The maximum Gasteiger partial charge on any atom is 0.221 e. The zero-order valence-corrected chi connectivity index (χ0v) is 12.3. The first-order chi connectivity index (χ1) is 9.65. The summed E-state index contributed by atoms with van der Waals surface area (Å²) in [5.41, 5.74) is 3.62. The predicted octanol–water partition coefficient (Wildman–Crippen LogP) is 4.18. The van der Waals surface area contributed by atoms with Crippen molar-refractivity contribution >= 4 is 27.4 Å². The summed E-state index contributed by atoms with van der Waals surface area (Å²) >= 11 is 0. The van der Waals surface area contributed by atoms with Crippen LogP contribution in [0.15, 0.2) is 42.5 Å². The van der Waals surface area contributed by atoms with E-state index in [0.29, 0.717) is 5.92 Å². The third-order valence-electron chi connectivity index (χ3n) is 3.60. The topological polar surface area (TPSA) is 26.2 Å². The average Bonchev–Trinajstić information content (AvgIpc) is 2.44. The van der Waals surface area contributed by atoms with Gasteiger partial charge in [-0.3, -0.25) is 0 Å². The molecule has 0 radical (unpaired) electrons. The number of aromatic nitrogens is 1. The van der Waals surface area contributed by atoms with E-state index in [-0.39, 0.29) is 0 Å². The monoisotopic (exact) mass is 265 g/mol. The highest BCUT2D eigenvalue weighted by atomic mass is 14.9. The summed E-state index contributed by atoms with van der Waals surface area (Å²) in [6.07, 6.45) is 0. The Bertz CT molecular complexity index is 760. The molecule has 0 spiro atoms. The van der Waals surface area contributed by atoms with E-state index < -0.39 is 0 Å².